The highest BCUT2D eigenvalue weighted by Gasteiger charge is 2.52. The van der Waals surface area contributed by atoms with Gasteiger partial charge < -0.3 is 10.1 Å². The highest BCUT2D eigenvalue weighted by Crippen LogP contribution is 2.43. The van der Waals surface area contributed by atoms with Crippen molar-refractivity contribution in [3.8, 4) is 0 Å². The van der Waals surface area contributed by atoms with Crippen LogP contribution in [0.4, 0.5) is 0 Å². The molecule has 1 aromatic rings. The standard InChI is InChI=1S/C16H22N4O2/c21-15(12-4-5-18-19-6-12)17-9-16-10-20(14-2-1-3-14)7-13(16)8-22-11-16/h4-6,13-14H,1-3,7-11H2,(H,17,21)/t13-,16+/m0/s1. The van der Waals surface area contributed by atoms with Crippen LogP contribution in [0.3, 0.4) is 0 Å². The van der Waals surface area contributed by atoms with E-state index in [1.165, 1.54) is 25.5 Å². The maximum Gasteiger partial charge on any atom is 0.252 e. The van der Waals surface area contributed by atoms with Crippen LogP contribution in [0.1, 0.15) is 29.6 Å². The van der Waals surface area contributed by atoms with Crippen molar-refractivity contribution in [1.82, 2.24) is 20.4 Å². The molecule has 22 heavy (non-hydrogen) atoms. The normalized spacial score (nSPS) is 31.7. The van der Waals surface area contributed by atoms with Gasteiger partial charge in [0.15, 0.2) is 0 Å². The van der Waals surface area contributed by atoms with Crippen LogP contribution < -0.4 is 5.32 Å². The van der Waals surface area contributed by atoms with E-state index in [2.05, 4.69) is 20.4 Å². The Bertz CT molecular complexity index is 548. The van der Waals surface area contributed by atoms with E-state index in [4.69, 9.17) is 4.74 Å². The van der Waals surface area contributed by atoms with Gasteiger partial charge in [-0.1, -0.05) is 6.42 Å². The first-order chi connectivity index (χ1) is 10.8. The second kappa shape index (κ2) is 5.59. The van der Waals surface area contributed by atoms with Crippen molar-refractivity contribution in [1.29, 1.82) is 0 Å². The lowest BCUT2D eigenvalue weighted by molar-refractivity contribution is 0.0828. The third-order valence-electron chi connectivity index (χ3n) is 5.59. The predicted octanol–water partition coefficient (Wildman–Crippen LogP) is 0.707. The summed E-state index contributed by atoms with van der Waals surface area (Å²) in [5.41, 5.74) is 0.654. The van der Waals surface area contributed by atoms with Gasteiger partial charge in [-0.3, -0.25) is 9.69 Å². The quantitative estimate of drug-likeness (QED) is 0.887. The summed E-state index contributed by atoms with van der Waals surface area (Å²) in [5.74, 6) is 0.473. The summed E-state index contributed by atoms with van der Waals surface area (Å²) in [6.07, 6.45) is 7.08. The molecule has 1 amide bonds. The average molecular weight is 302 g/mol. The highest BCUT2D eigenvalue weighted by molar-refractivity contribution is 5.93. The molecule has 0 bridgehead atoms. The lowest BCUT2D eigenvalue weighted by Gasteiger charge is -2.36. The molecule has 2 saturated heterocycles. The van der Waals surface area contributed by atoms with E-state index in [-0.39, 0.29) is 11.3 Å². The van der Waals surface area contributed by atoms with Gasteiger partial charge in [0.2, 0.25) is 0 Å². The lowest BCUT2D eigenvalue weighted by Crippen LogP contribution is -2.45. The third-order valence-corrected chi connectivity index (χ3v) is 5.59. The molecule has 6 nitrogen and oxygen atoms in total. The molecule has 3 aliphatic rings. The predicted molar refractivity (Wildman–Crippen MR) is 80.3 cm³/mol. The number of hydrogen-bond donors (Lipinski definition) is 1. The van der Waals surface area contributed by atoms with E-state index < -0.39 is 0 Å². The van der Waals surface area contributed by atoms with Gasteiger partial charge in [-0.2, -0.15) is 10.2 Å². The zero-order valence-electron chi connectivity index (χ0n) is 12.7. The number of fused-ring (bicyclic) bond motifs is 1. The van der Waals surface area contributed by atoms with Crippen molar-refractivity contribution in [3.63, 3.8) is 0 Å². The first kappa shape index (κ1) is 14.1. The maximum absolute atomic E-state index is 12.2. The van der Waals surface area contributed by atoms with Crippen molar-refractivity contribution in [3.05, 3.63) is 24.0 Å². The number of likely N-dealkylation sites (tertiary alicyclic amines) is 1. The molecule has 0 spiro atoms. The van der Waals surface area contributed by atoms with Crippen LogP contribution in [0.25, 0.3) is 0 Å². The van der Waals surface area contributed by atoms with Crippen LogP contribution in [-0.2, 0) is 4.74 Å². The van der Waals surface area contributed by atoms with Crippen LogP contribution in [0, 0.1) is 11.3 Å². The molecule has 3 heterocycles. The van der Waals surface area contributed by atoms with Crippen LogP contribution in [0.15, 0.2) is 18.5 Å². The van der Waals surface area contributed by atoms with Crippen molar-refractivity contribution in [2.75, 3.05) is 32.8 Å². The van der Waals surface area contributed by atoms with Gasteiger partial charge in [0.05, 0.1) is 31.2 Å². The molecule has 2 aliphatic heterocycles. The Morgan fingerprint density at radius 2 is 2.36 bits per heavy atom. The number of ether oxygens (including phenoxy) is 1. The fourth-order valence-corrected chi connectivity index (χ4v) is 3.94. The second-order valence-electron chi connectivity index (χ2n) is 6.90. The van der Waals surface area contributed by atoms with E-state index >= 15 is 0 Å². The molecule has 118 valence electrons. The second-order valence-corrected chi connectivity index (χ2v) is 6.90. The van der Waals surface area contributed by atoms with Gasteiger partial charge in [0.1, 0.15) is 0 Å². The summed E-state index contributed by atoms with van der Waals surface area (Å²) in [6.45, 7) is 4.45. The molecule has 1 aliphatic carbocycles. The van der Waals surface area contributed by atoms with Crippen molar-refractivity contribution >= 4 is 5.91 Å². The SMILES string of the molecule is O=C(NC[C@@]12COC[C@@H]1CN(C1CCC1)C2)c1ccnnc1. The molecule has 1 aromatic heterocycles. The van der Waals surface area contributed by atoms with E-state index in [1.807, 2.05) is 0 Å². The van der Waals surface area contributed by atoms with Gasteiger partial charge >= 0.3 is 0 Å². The van der Waals surface area contributed by atoms with Crippen LogP contribution in [-0.4, -0.2) is 59.9 Å². The molecule has 0 radical (unpaired) electrons. The van der Waals surface area contributed by atoms with Crippen molar-refractivity contribution < 1.29 is 9.53 Å². The molecule has 4 rings (SSSR count). The smallest absolute Gasteiger partial charge is 0.252 e. The minimum atomic E-state index is -0.0722. The summed E-state index contributed by atoms with van der Waals surface area (Å²) in [5, 5.41) is 10.6. The van der Waals surface area contributed by atoms with Gasteiger partial charge in [0.25, 0.3) is 5.91 Å². The van der Waals surface area contributed by atoms with E-state index in [9.17, 15) is 4.79 Å². The molecule has 0 aromatic carbocycles. The van der Waals surface area contributed by atoms with Crippen molar-refractivity contribution in [2.24, 2.45) is 11.3 Å². The number of nitrogens with one attached hydrogen (secondary N) is 1. The maximum atomic E-state index is 12.2. The topological polar surface area (TPSA) is 67.3 Å². The largest absolute Gasteiger partial charge is 0.380 e. The fraction of sp³-hybridized carbons (Fsp3) is 0.688. The zero-order valence-corrected chi connectivity index (χ0v) is 12.7. The van der Waals surface area contributed by atoms with Gasteiger partial charge in [-0.05, 0) is 18.9 Å². The number of carbonyl (C=O) groups is 1. The average Bonchev–Trinajstić information content (AvgIpc) is 3.01. The van der Waals surface area contributed by atoms with Gasteiger partial charge in [0, 0.05) is 37.0 Å². The van der Waals surface area contributed by atoms with E-state index in [1.54, 1.807) is 12.3 Å². The first-order valence-electron chi connectivity index (χ1n) is 8.14. The minimum absolute atomic E-state index is 0.0722. The summed E-state index contributed by atoms with van der Waals surface area (Å²) in [7, 11) is 0. The number of amides is 1. The minimum Gasteiger partial charge on any atom is -0.380 e. The highest BCUT2D eigenvalue weighted by atomic mass is 16.5. The zero-order chi connectivity index (χ0) is 15.0. The van der Waals surface area contributed by atoms with Crippen LogP contribution >= 0.6 is 0 Å². The Hall–Kier alpha value is -1.53. The number of carbonyl (C=O) groups excluding carboxylic acids is 1. The summed E-state index contributed by atoms with van der Waals surface area (Å²) >= 11 is 0. The summed E-state index contributed by atoms with van der Waals surface area (Å²) in [4.78, 5) is 14.9. The third kappa shape index (κ3) is 2.40. The number of hydrogen-bond acceptors (Lipinski definition) is 5. The first-order valence-corrected chi connectivity index (χ1v) is 8.14. The molecule has 3 fully saturated rings. The molecular formula is C16H22N4O2. The fourth-order valence-electron chi connectivity index (χ4n) is 3.94. The Kier molecular flexibility index (Phi) is 3.58. The molecule has 0 unspecified atom stereocenters. The van der Waals surface area contributed by atoms with E-state index in [0.717, 1.165) is 32.3 Å². The van der Waals surface area contributed by atoms with Gasteiger partial charge in [-0.25, -0.2) is 0 Å². The lowest BCUT2D eigenvalue weighted by atomic mass is 9.81. The van der Waals surface area contributed by atoms with Crippen LogP contribution in [0.5, 0.6) is 0 Å². The van der Waals surface area contributed by atoms with E-state index in [0.29, 0.717) is 18.0 Å². The molecular weight excluding hydrogens is 280 g/mol. The summed E-state index contributed by atoms with van der Waals surface area (Å²) < 4.78 is 5.73. The number of nitrogens with zero attached hydrogens (tertiary/aromatic N) is 3. The van der Waals surface area contributed by atoms with Gasteiger partial charge in [-0.15, -0.1) is 0 Å². The molecule has 1 N–H and O–H groups in total. The Morgan fingerprint density at radius 1 is 1.45 bits per heavy atom. The summed E-state index contributed by atoms with van der Waals surface area (Å²) in [6, 6.07) is 2.46. The monoisotopic (exact) mass is 302 g/mol. The number of rotatable bonds is 4. The molecule has 2 atom stereocenters. The molecule has 6 heteroatoms. The van der Waals surface area contributed by atoms with Crippen LogP contribution in [0.2, 0.25) is 0 Å². The van der Waals surface area contributed by atoms with Crippen molar-refractivity contribution in [2.45, 2.75) is 25.3 Å². The Labute approximate surface area is 130 Å². The number of aromatic nitrogens is 2. The molecule has 1 saturated carbocycles. The Balaban J connectivity index is 1.41. The Morgan fingerprint density at radius 3 is 3.09 bits per heavy atom.